The van der Waals surface area contributed by atoms with Crippen LogP contribution in [-0.2, 0) is 11.0 Å². The molecule has 0 saturated carbocycles. The molecule has 0 unspecified atom stereocenters. The molecule has 20 heavy (non-hydrogen) atoms. The lowest BCUT2D eigenvalue weighted by molar-refractivity contribution is -0.138. The number of hydrogen-bond donors (Lipinski definition) is 1. The van der Waals surface area contributed by atoms with Gasteiger partial charge in [-0.25, -0.2) is 13.6 Å². The molecule has 0 atom stereocenters. The van der Waals surface area contributed by atoms with Gasteiger partial charge in [0.1, 0.15) is 12.4 Å². The first-order valence-corrected chi connectivity index (χ1v) is 5.23. The second kappa shape index (κ2) is 6.36. The fourth-order valence-corrected chi connectivity index (χ4v) is 1.34. The van der Waals surface area contributed by atoms with Crippen LogP contribution in [0.2, 0.25) is 0 Å². The number of carboxylic acid groups (broad SMARTS) is 1. The predicted molar refractivity (Wildman–Crippen MR) is 59.6 cm³/mol. The molecule has 0 bridgehead atoms. The smallest absolute Gasteiger partial charge is 0.417 e. The minimum atomic E-state index is -4.76. The third-order valence-electron chi connectivity index (χ3n) is 2.11. The molecular formula is C12H9F5O3. The van der Waals surface area contributed by atoms with Crippen LogP contribution in [0.4, 0.5) is 22.0 Å². The van der Waals surface area contributed by atoms with Gasteiger partial charge in [-0.1, -0.05) is 6.07 Å². The van der Waals surface area contributed by atoms with Crippen LogP contribution in [-0.4, -0.2) is 24.1 Å². The maximum absolute atomic E-state index is 12.8. The van der Waals surface area contributed by atoms with Gasteiger partial charge in [-0.05, 0) is 23.8 Å². The van der Waals surface area contributed by atoms with Crippen molar-refractivity contribution in [2.75, 3.05) is 6.61 Å². The summed E-state index contributed by atoms with van der Waals surface area (Å²) in [5, 5.41) is 8.39. The molecule has 3 nitrogen and oxygen atoms in total. The molecule has 110 valence electrons. The van der Waals surface area contributed by atoms with Crippen molar-refractivity contribution in [2.24, 2.45) is 0 Å². The standard InChI is InChI=1S/C12H9F5O3/c13-10(14)6-20-8-3-1-7(2-4-11(18)19)9(5-8)12(15,16)17/h1-5,10H,6H2,(H,18,19)/b4-2+. The molecule has 0 spiro atoms. The number of benzene rings is 1. The average Bonchev–Trinajstić information content (AvgIpc) is 2.33. The Morgan fingerprint density at radius 2 is 2.00 bits per heavy atom. The summed E-state index contributed by atoms with van der Waals surface area (Å²) in [6.45, 7) is -1.03. The minimum absolute atomic E-state index is 0.370. The zero-order valence-electron chi connectivity index (χ0n) is 9.82. The van der Waals surface area contributed by atoms with E-state index in [1.54, 1.807) is 0 Å². The number of hydrogen-bond acceptors (Lipinski definition) is 2. The quantitative estimate of drug-likeness (QED) is 0.668. The number of carboxylic acids is 1. The first-order chi connectivity index (χ1) is 9.20. The van der Waals surface area contributed by atoms with E-state index in [9.17, 15) is 26.7 Å². The number of ether oxygens (including phenoxy) is 1. The second-order valence-electron chi connectivity index (χ2n) is 3.62. The van der Waals surface area contributed by atoms with E-state index in [-0.39, 0.29) is 5.75 Å². The monoisotopic (exact) mass is 296 g/mol. The van der Waals surface area contributed by atoms with Crippen LogP contribution in [0.5, 0.6) is 5.75 Å². The molecule has 0 heterocycles. The highest BCUT2D eigenvalue weighted by Crippen LogP contribution is 2.35. The molecule has 0 amide bonds. The van der Waals surface area contributed by atoms with Gasteiger partial charge in [0, 0.05) is 6.08 Å². The van der Waals surface area contributed by atoms with Gasteiger partial charge in [-0.2, -0.15) is 13.2 Å². The Balaban J connectivity index is 3.10. The largest absolute Gasteiger partial charge is 0.488 e. The topological polar surface area (TPSA) is 46.5 Å². The molecule has 0 aliphatic rings. The van der Waals surface area contributed by atoms with Crippen LogP contribution in [0.25, 0.3) is 6.08 Å². The van der Waals surface area contributed by atoms with Gasteiger partial charge in [0.2, 0.25) is 0 Å². The van der Waals surface area contributed by atoms with Crippen LogP contribution in [0.15, 0.2) is 24.3 Å². The SMILES string of the molecule is O=C(O)/C=C/c1ccc(OCC(F)F)cc1C(F)(F)F. The number of halogens is 5. The molecular weight excluding hydrogens is 287 g/mol. The fourth-order valence-electron chi connectivity index (χ4n) is 1.34. The molecule has 0 aliphatic carbocycles. The Morgan fingerprint density at radius 3 is 2.50 bits per heavy atom. The van der Waals surface area contributed by atoms with Gasteiger partial charge >= 0.3 is 12.1 Å². The highest BCUT2D eigenvalue weighted by Gasteiger charge is 2.33. The third-order valence-corrected chi connectivity index (χ3v) is 2.11. The molecule has 8 heteroatoms. The van der Waals surface area contributed by atoms with Crippen molar-refractivity contribution in [2.45, 2.75) is 12.6 Å². The lowest BCUT2D eigenvalue weighted by atomic mass is 10.1. The summed E-state index contributed by atoms with van der Waals surface area (Å²) in [4.78, 5) is 10.3. The van der Waals surface area contributed by atoms with E-state index in [4.69, 9.17) is 5.11 Å². The predicted octanol–water partition coefficient (Wildman–Crippen LogP) is 3.45. The summed E-state index contributed by atoms with van der Waals surface area (Å²) in [6.07, 6.45) is -6.26. The number of aliphatic carboxylic acids is 1. The van der Waals surface area contributed by atoms with E-state index in [0.29, 0.717) is 12.1 Å². The maximum Gasteiger partial charge on any atom is 0.417 e. The molecule has 0 fully saturated rings. The van der Waals surface area contributed by atoms with Gasteiger partial charge < -0.3 is 9.84 Å². The number of carbonyl (C=O) groups is 1. The minimum Gasteiger partial charge on any atom is -0.488 e. The Hall–Kier alpha value is -2.12. The zero-order valence-corrected chi connectivity index (χ0v) is 9.82. The number of rotatable bonds is 5. The van der Waals surface area contributed by atoms with Gasteiger partial charge in [0.05, 0.1) is 5.56 Å². The number of alkyl halides is 5. The van der Waals surface area contributed by atoms with Crippen LogP contribution < -0.4 is 4.74 Å². The third kappa shape index (κ3) is 4.87. The summed E-state index contributed by atoms with van der Waals surface area (Å²) >= 11 is 0. The van der Waals surface area contributed by atoms with Crippen LogP contribution in [0.3, 0.4) is 0 Å². The maximum atomic E-state index is 12.8. The summed E-state index contributed by atoms with van der Waals surface area (Å²) in [5.74, 6) is -1.78. The molecule has 0 aliphatic heterocycles. The molecule has 0 aromatic heterocycles. The lowest BCUT2D eigenvalue weighted by Crippen LogP contribution is -2.10. The summed E-state index contributed by atoms with van der Waals surface area (Å²) in [7, 11) is 0. The molecule has 0 radical (unpaired) electrons. The van der Waals surface area contributed by atoms with Crippen molar-refractivity contribution < 1.29 is 36.6 Å². The first-order valence-electron chi connectivity index (χ1n) is 5.23. The van der Waals surface area contributed by atoms with Gasteiger partial charge in [0.25, 0.3) is 6.43 Å². The van der Waals surface area contributed by atoms with Gasteiger partial charge in [0.15, 0.2) is 0 Å². The molecule has 1 rings (SSSR count). The summed E-state index contributed by atoms with van der Waals surface area (Å²) in [5.41, 5.74) is -1.56. The van der Waals surface area contributed by atoms with Crippen LogP contribution in [0.1, 0.15) is 11.1 Å². The summed E-state index contributed by atoms with van der Waals surface area (Å²) < 4.78 is 66.6. The van der Waals surface area contributed by atoms with Crippen molar-refractivity contribution >= 4 is 12.0 Å². The Bertz CT molecular complexity index is 508. The Labute approximate surface area is 110 Å². The molecule has 0 saturated heterocycles. The van der Waals surface area contributed by atoms with Crippen molar-refractivity contribution in [3.05, 3.63) is 35.4 Å². The highest BCUT2D eigenvalue weighted by atomic mass is 19.4. The molecule has 1 aromatic rings. The summed E-state index contributed by atoms with van der Waals surface area (Å²) in [6, 6.07) is 2.55. The van der Waals surface area contributed by atoms with Crippen molar-refractivity contribution in [3.63, 3.8) is 0 Å². The van der Waals surface area contributed by atoms with Crippen molar-refractivity contribution in [3.8, 4) is 5.75 Å². The Morgan fingerprint density at radius 1 is 1.35 bits per heavy atom. The van der Waals surface area contributed by atoms with E-state index in [1.807, 2.05) is 0 Å². The lowest BCUT2D eigenvalue weighted by Gasteiger charge is -2.13. The van der Waals surface area contributed by atoms with Crippen molar-refractivity contribution in [1.29, 1.82) is 0 Å². The Kier molecular flexibility index (Phi) is 5.06. The van der Waals surface area contributed by atoms with Crippen LogP contribution >= 0.6 is 0 Å². The van der Waals surface area contributed by atoms with E-state index >= 15 is 0 Å². The van der Waals surface area contributed by atoms with Gasteiger partial charge in [-0.15, -0.1) is 0 Å². The normalized spacial score (nSPS) is 12.1. The molecule has 1 aromatic carbocycles. The van der Waals surface area contributed by atoms with Crippen LogP contribution in [0, 0.1) is 0 Å². The second-order valence-corrected chi connectivity index (χ2v) is 3.62. The van der Waals surface area contributed by atoms with E-state index in [2.05, 4.69) is 4.74 Å². The van der Waals surface area contributed by atoms with E-state index in [1.165, 1.54) is 0 Å². The van der Waals surface area contributed by atoms with Crippen molar-refractivity contribution in [1.82, 2.24) is 0 Å². The first kappa shape index (κ1) is 15.9. The van der Waals surface area contributed by atoms with E-state index in [0.717, 1.165) is 18.2 Å². The molecule has 1 N–H and O–H groups in total. The fraction of sp³-hybridized carbons (Fsp3) is 0.250. The van der Waals surface area contributed by atoms with Gasteiger partial charge in [-0.3, -0.25) is 0 Å². The highest BCUT2D eigenvalue weighted by molar-refractivity contribution is 5.85. The van der Waals surface area contributed by atoms with E-state index < -0.39 is 36.3 Å². The zero-order chi connectivity index (χ0) is 15.3. The average molecular weight is 296 g/mol.